The minimum atomic E-state index is -0.150. The summed E-state index contributed by atoms with van der Waals surface area (Å²) in [5, 5.41) is 8.51. The number of fused-ring (bicyclic) bond motifs is 1. The molecule has 4 rings (SSSR count). The van der Waals surface area contributed by atoms with Crippen molar-refractivity contribution in [3.8, 4) is 0 Å². The highest BCUT2D eigenvalue weighted by Gasteiger charge is 2.23. The summed E-state index contributed by atoms with van der Waals surface area (Å²) in [5.74, 6) is 0.307. The lowest BCUT2D eigenvalue weighted by Gasteiger charge is -2.33. The Morgan fingerprint density at radius 1 is 1.03 bits per heavy atom. The molecule has 0 radical (unpaired) electrons. The molecular weight excluding hydrogens is 438 g/mol. The standard InChI is InChI=1S/C29H37N3OS/c1-4-10-29(33)32-19-17-24(18-20-32)31-34(5-2)28-16-15-27(25-13-8-9-14-26(25)28)30-21-23-12-7-6-11-22(23)3/h5-9,11-16,24,30-31H,4,10,17-21H2,1-3H3. The van der Waals surface area contributed by atoms with E-state index in [0.717, 1.165) is 38.9 Å². The quantitative estimate of drug-likeness (QED) is 0.365. The maximum atomic E-state index is 12.2. The van der Waals surface area contributed by atoms with Gasteiger partial charge < -0.3 is 10.2 Å². The van der Waals surface area contributed by atoms with Gasteiger partial charge in [-0.25, -0.2) is 0 Å². The highest BCUT2D eigenvalue weighted by atomic mass is 32.2. The number of likely N-dealkylation sites (tertiary alicyclic amines) is 1. The summed E-state index contributed by atoms with van der Waals surface area (Å²) in [6, 6.07) is 22.2. The minimum Gasteiger partial charge on any atom is -0.380 e. The molecule has 180 valence electrons. The molecule has 1 unspecified atom stereocenters. The van der Waals surface area contributed by atoms with Crippen molar-refractivity contribution >= 4 is 38.4 Å². The van der Waals surface area contributed by atoms with Crippen molar-refractivity contribution in [3.63, 3.8) is 0 Å². The van der Waals surface area contributed by atoms with Crippen LogP contribution in [-0.4, -0.2) is 35.3 Å². The molecule has 1 atom stereocenters. The first-order valence-electron chi connectivity index (χ1n) is 12.5. The average molecular weight is 476 g/mol. The van der Waals surface area contributed by atoms with Crippen LogP contribution in [0.3, 0.4) is 0 Å². The predicted octanol–water partition coefficient (Wildman–Crippen LogP) is 6.51. The van der Waals surface area contributed by atoms with E-state index in [0.29, 0.717) is 18.4 Å². The summed E-state index contributed by atoms with van der Waals surface area (Å²) in [5.41, 5.74) is 3.80. The number of aryl methyl sites for hydroxylation is 1. The summed E-state index contributed by atoms with van der Waals surface area (Å²) in [4.78, 5) is 15.6. The normalized spacial score (nSPS) is 15.6. The number of hydrogen-bond acceptors (Lipinski definition) is 3. The average Bonchev–Trinajstić information content (AvgIpc) is 2.87. The molecule has 1 fully saturated rings. The number of rotatable bonds is 8. The van der Waals surface area contributed by atoms with E-state index in [1.165, 1.54) is 32.5 Å². The first kappa shape index (κ1) is 24.5. The van der Waals surface area contributed by atoms with E-state index in [-0.39, 0.29) is 10.7 Å². The largest absolute Gasteiger partial charge is 0.380 e. The van der Waals surface area contributed by atoms with Gasteiger partial charge in [0.15, 0.2) is 0 Å². The van der Waals surface area contributed by atoms with Gasteiger partial charge in [0.05, 0.1) is 0 Å². The van der Waals surface area contributed by atoms with Crippen LogP contribution < -0.4 is 10.0 Å². The second-order valence-corrected chi connectivity index (χ2v) is 10.9. The van der Waals surface area contributed by atoms with Crippen LogP contribution in [0.2, 0.25) is 0 Å². The Morgan fingerprint density at radius 3 is 2.44 bits per heavy atom. The minimum absolute atomic E-state index is 0.150. The molecule has 0 saturated carbocycles. The molecule has 4 nitrogen and oxygen atoms in total. The number of carbonyl (C=O) groups is 1. The lowest BCUT2D eigenvalue weighted by molar-refractivity contribution is -0.132. The fraction of sp³-hybridized carbons (Fsp3) is 0.379. The number of nitrogens with one attached hydrogen (secondary N) is 2. The highest BCUT2D eigenvalue weighted by molar-refractivity contribution is 8.13. The number of hydrogen-bond donors (Lipinski definition) is 2. The van der Waals surface area contributed by atoms with Crippen molar-refractivity contribution in [3.05, 3.63) is 71.8 Å². The molecule has 1 saturated heterocycles. The smallest absolute Gasteiger partial charge is 0.222 e. The van der Waals surface area contributed by atoms with Crippen molar-refractivity contribution in [2.45, 2.75) is 63.9 Å². The fourth-order valence-corrected chi connectivity index (χ4v) is 6.41. The maximum absolute atomic E-state index is 12.2. The van der Waals surface area contributed by atoms with Crippen molar-refractivity contribution in [2.24, 2.45) is 0 Å². The van der Waals surface area contributed by atoms with Gasteiger partial charge >= 0.3 is 0 Å². The number of amides is 1. The van der Waals surface area contributed by atoms with E-state index in [4.69, 9.17) is 0 Å². The number of piperidine rings is 1. The monoisotopic (exact) mass is 475 g/mol. The van der Waals surface area contributed by atoms with Crippen LogP contribution in [0.25, 0.3) is 10.8 Å². The van der Waals surface area contributed by atoms with Crippen LogP contribution >= 0.6 is 10.7 Å². The molecule has 3 aromatic rings. The first-order valence-corrected chi connectivity index (χ1v) is 13.8. The molecule has 1 heterocycles. The van der Waals surface area contributed by atoms with Gasteiger partial charge in [-0.2, -0.15) is 0 Å². The van der Waals surface area contributed by atoms with Gasteiger partial charge in [-0.05, 0) is 67.1 Å². The van der Waals surface area contributed by atoms with Crippen LogP contribution in [0.1, 0.15) is 50.7 Å². The molecule has 2 N–H and O–H groups in total. The van der Waals surface area contributed by atoms with Crippen molar-refractivity contribution < 1.29 is 4.79 Å². The predicted molar refractivity (Wildman–Crippen MR) is 148 cm³/mol. The molecule has 1 amide bonds. The second-order valence-electron chi connectivity index (χ2n) is 9.03. The van der Waals surface area contributed by atoms with E-state index in [1.807, 2.05) is 4.90 Å². The van der Waals surface area contributed by atoms with Gasteiger partial charge in [-0.15, -0.1) is 0 Å². The topological polar surface area (TPSA) is 44.4 Å². The second kappa shape index (κ2) is 11.7. The van der Waals surface area contributed by atoms with Gasteiger partial charge in [0.1, 0.15) is 0 Å². The molecule has 0 bridgehead atoms. The zero-order valence-electron chi connectivity index (χ0n) is 20.6. The highest BCUT2D eigenvalue weighted by Crippen LogP contribution is 2.36. The fourth-order valence-electron chi connectivity index (χ4n) is 4.67. The van der Waals surface area contributed by atoms with E-state index in [9.17, 15) is 4.79 Å². The zero-order valence-corrected chi connectivity index (χ0v) is 21.5. The number of carbonyl (C=O) groups excluding carboxylic acids is 1. The summed E-state index contributed by atoms with van der Waals surface area (Å²) >= 11 is 0. The lowest BCUT2D eigenvalue weighted by atomic mass is 10.1. The number of anilines is 1. The number of nitrogens with zero attached hydrogens (tertiary/aromatic N) is 1. The third-order valence-corrected chi connectivity index (χ3v) is 8.58. The third kappa shape index (κ3) is 5.70. The van der Waals surface area contributed by atoms with E-state index in [2.05, 4.69) is 96.8 Å². The van der Waals surface area contributed by atoms with Crippen LogP contribution in [0.5, 0.6) is 0 Å². The Bertz CT molecular complexity index is 1170. The molecule has 0 aromatic heterocycles. The van der Waals surface area contributed by atoms with Gasteiger partial charge in [0.25, 0.3) is 0 Å². The lowest BCUT2D eigenvalue weighted by Crippen LogP contribution is -2.43. The van der Waals surface area contributed by atoms with Crippen LogP contribution in [0.15, 0.2) is 65.6 Å². The number of benzene rings is 3. The van der Waals surface area contributed by atoms with Crippen molar-refractivity contribution in [1.82, 2.24) is 9.62 Å². The van der Waals surface area contributed by atoms with Gasteiger partial charge in [-0.1, -0.05) is 66.1 Å². The molecular formula is C29H37N3OS. The third-order valence-electron chi connectivity index (χ3n) is 6.69. The Hall–Kier alpha value is -2.63. The molecule has 1 aliphatic heterocycles. The van der Waals surface area contributed by atoms with Crippen molar-refractivity contribution in [1.29, 1.82) is 0 Å². The SMILES string of the molecule is C/C=S(/NC1CCN(C(=O)CCC)CC1)c1ccc(NCc2ccccc2C)c2ccccc12. The van der Waals surface area contributed by atoms with Gasteiger partial charge in [0, 0.05) is 48.1 Å². The summed E-state index contributed by atoms with van der Waals surface area (Å²) in [7, 11) is -0.150. The van der Waals surface area contributed by atoms with E-state index in [1.54, 1.807) is 0 Å². The Labute approximate surface area is 206 Å². The maximum Gasteiger partial charge on any atom is 0.222 e. The van der Waals surface area contributed by atoms with Crippen LogP contribution in [-0.2, 0) is 11.3 Å². The van der Waals surface area contributed by atoms with E-state index < -0.39 is 0 Å². The Balaban J connectivity index is 1.49. The van der Waals surface area contributed by atoms with Gasteiger partial charge in [0.2, 0.25) is 5.91 Å². The molecule has 0 spiro atoms. The Morgan fingerprint density at radius 2 is 1.74 bits per heavy atom. The summed E-state index contributed by atoms with van der Waals surface area (Å²) in [6.07, 6.45) is 3.62. The Kier molecular flexibility index (Phi) is 8.41. The molecule has 0 aliphatic carbocycles. The first-order chi connectivity index (χ1) is 16.6. The van der Waals surface area contributed by atoms with Crippen molar-refractivity contribution in [2.75, 3.05) is 18.4 Å². The van der Waals surface area contributed by atoms with E-state index >= 15 is 0 Å². The van der Waals surface area contributed by atoms with Gasteiger partial charge in [-0.3, -0.25) is 9.52 Å². The molecule has 5 heteroatoms. The summed E-state index contributed by atoms with van der Waals surface area (Å²) in [6.45, 7) is 8.92. The zero-order chi connectivity index (χ0) is 23.9. The molecule has 1 aliphatic rings. The summed E-state index contributed by atoms with van der Waals surface area (Å²) < 4.78 is 3.90. The van der Waals surface area contributed by atoms with Crippen LogP contribution in [0.4, 0.5) is 5.69 Å². The molecule has 3 aromatic carbocycles. The molecule has 34 heavy (non-hydrogen) atoms. The van der Waals surface area contributed by atoms with Crippen LogP contribution in [0, 0.1) is 6.92 Å².